The quantitative estimate of drug-likeness (QED) is 0.664. The summed E-state index contributed by atoms with van der Waals surface area (Å²) in [7, 11) is 0. The molecule has 2 heterocycles. The van der Waals surface area contributed by atoms with Crippen LogP contribution in [0.5, 0.6) is 0 Å². The zero-order valence-corrected chi connectivity index (χ0v) is 9.32. The number of nitrogens with zero attached hydrogens (tertiary/aromatic N) is 1. The first kappa shape index (κ1) is 10.6. The van der Waals surface area contributed by atoms with E-state index in [1.807, 2.05) is 13.8 Å². The van der Waals surface area contributed by atoms with E-state index < -0.39 is 0 Å². The summed E-state index contributed by atoms with van der Waals surface area (Å²) >= 11 is 0. The molecule has 4 heteroatoms. The van der Waals surface area contributed by atoms with Crippen molar-refractivity contribution in [2.45, 2.75) is 20.3 Å². The van der Waals surface area contributed by atoms with E-state index in [1.54, 1.807) is 0 Å². The van der Waals surface area contributed by atoms with Gasteiger partial charge in [0.05, 0.1) is 11.8 Å². The number of nitrogens with one attached hydrogen (secondary N) is 1. The summed E-state index contributed by atoms with van der Waals surface area (Å²) in [6, 6.07) is 0. The van der Waals surface area contributed by atoms with E-state index in [0.29, 0.717) is 19.0 Å². The van der Waals surface area contributed by atoms with Crippen molar-refractivity contribution >= 4 is 11.8 Å². The van der Waals surface area contributed by atoms with E-state index in [9.17, 15) is 9.59 Å². The lowest BCUT2D eigenvalue weighted by Crippen LogP contribution is -2.38. The van der Waals surface area contributed by atoms with Gasteiger partial charge in [0.2, 0.25) is 11.8 Å². The average Bonchev–Trinajstić information content (AvgIpc) is 2.44. The van der Waals surface area contributed by atoms with Gasteiger partial charge in [-0.05, 0) is 18.9 Å². The highest BCUT2D eigenvalue weighted by Crippen LogP contribution is 2.30. The van der Waals surface area contributed by atoms with Crippen molar-refractivity contribution in [3.8, 4) is 0 Å². The maximum absolute atomic E-state index is 12.0. The number of amides is 2. The van der Waals surface area contributed by atoms with Crippen LogP contribution in [-0.2, 0) is 9.59 Å². The smallest absolute Gasteiger partial charge is 0.234 e. The van der Waals surface area contributed by atoms with Crippen molar-refractivity contribution in [2.75, 3.05) is 19.6 Å². The maximum Gasteiger partial charge on any atom is 0.234 e. The molecule has 4 nitrogen and oxygen atoms in total. The molecule has 0 saturated carbocycles. The van der Waals surface area contributed by atoms with Gasteiger partial charge in [0.1, 0.15) is 0 Å². The standard InChI is InChI=1S/C11H18N2O2/c1-7(2)6-13-10(14)8-3-4-12-5-9(8)11(13)15/h7-9,12H,3-6H2,1-2H3/t8-,9+/m0/s1. The first-order chi connectivity index (χ1) is 7.11. The van der Waals surface area contributed by atoms with Crippen LogP contribution < -0.4 is 5.32 Å². The molecule has 2 rings (SSSR count). The fraction of sp³-hybridized carbons (Fsp3) is 0.818. The lowest BCUT2D eigenvalue weighted by molar-refractivity contribution is -0.140. The van der Waals surface area contributed by atoms with E-state index >= 15 is 0 Å². The highest BCUT2D eigenvalue weighted by molar-refractivity contribution is 6.05. The van der Waals surface area contributed by atoms with Gasteiger partial charge in [0.25, 0.3) is 0 Å². The second-order valence-electron chi connectivity index (χ2n) is 4.89. The summed E-state index contributed by atoms with van der Waals surface area (Å²) in [5.74, 6) is 0.305. The van der Waals surface area contributed by atoms with Gasteiger partial charge in [-0.3, -0.25) is 14.5 Å². The molecule has 0 aromatic rings. The molecule has 2 aliphatic rings. The van der Waals surface area contributed by atoms with Crippen LogP contribution in [0.3, 0.4) is 0 Å². The van der Waals surface area contributed by atoms with Gasteiger partial charge in [0, 0.05) is 13.1 Å². The Kier molecular flexibility index (Phi) is 2.78. The first-order valence-electron chi connectivity index (χ1n) is 5.67. The molecule has 0 aliphatic carbocycles. The topological polar surface area (TPSA) is 49.4 Å². The summed E-state index contributed by atoms with van der Waals surface area (Å²) in [5, 5.41) is 3.18. The summed E-state index contributed by atoms with van der Waals surface area (Å²) in [4.78, 5) is 25.4. The number of imide groups is 1. The van der Waals surface area contributed by atoms with Gasteiger partial charge in [-0.1, -0.05) is 13.8 Å². The molecule has 15 heavy (non-hydrogen) atoms. The predicted molar refractivity (Wildman–Crippen MR) is 56.0 cm³/mol. The average molecular weight is 210 g/mol. The maximum atomic E-state index is 12.0. The monoisotopic (exact) mass is 210 g/mol. The molecular formula is C11H18N2O2. The highest BCUT2D eigenvalue weighted by Gasteiger charge is 2.47. The fourth-order valence-electron chi connectivity index (χ4n) is 2.47. The molecule has 1 N–H and O–H groups in total. The number of hydrogen-bond acceptors (Lipinski definition) is 3. The molecule has 0 bridgehead atoms. The molecule has 0 radical (unpaired) electrons. The van der Waals surface area contributed by atoms with E-state index in [0.717, 1.165) is 13.0 Å². The number of piperidine rings is 1. The second kappa shape index (κ2) is 3.93. The van der Waals surface area contributed by atoms with E-state index in [2.05, 4.69) is 5.32 Å². The molecule has 2 atom stereocenters. The van der Waals surface area contributed by atoms with Crippen LogP contribution in [0.4, 0.5) is 0 Å². The summed E-state index contributed by atoms with van der Waals surface area (Å²) in [6.45, 7) is 6.16. The molecule has 0 spiro atoms. The van der Waals surface area contributed by atoms with Gasteiger partial charge < -0.3 is 5.32 Å². The number of carbonyl (C=O) groups excluding carboxylic acids is 2. The van der Waals surface area contributed by atoms with Crippen LogP contribution in [0.2, 0.25) is 0 Å². The van der Waals surface area contributed by atoms with Crippen molar-refractivity contribution in [1.29, 1.82) is 0 Å². The Labute approximate surface area is 90.0 Å². The Hall–Kier alpha value is -0.900. The number of fused-ring (bicyclic) bond motifs is 1. The second-order valence-corrected chi connectivity index (χ2v) is 4.89. The Morgan fingerprint density at radius 1 is 1.33 bits per heavy atom. The van der Waals surface area contributed by atoms with Gasteiger partial charge in [-0.15, -0.1) is 0 Å². The van der Waals surface area contributed by atoms with Crippen molar-refractivity contribution < 1.29 is 9.59 Å². The largest absolute Gasteiger partial charge is 0.316 e. The number of carbonyl (C=O) groups is 2. The molecule has 2 amide bonds. The van der Waals surface area contributed by atoms with Gasteiger partial charge in [0.15, 0.2) is 0 Å². The Morgan fingerprint density at radius 2 is 2.00 bits per heavy atom. The first-order valence-corrected chi connectivity index (χ1v) is 5.67. The van der Waals surface area contributed by atoms with E-state index in [1.165, 1.54) is 4.90 Å². The third kappa shape index (κ3) is 1.78. The molecule has 2 aliphatic heterocycles. The van der Waals surface area contributed by atoms with Crippen LogP contribution >= 0.6 is 0 Å². The SMILES string of the molecule is CC(C)CN1C(=O)[C@H]2CCNC[C@H]2C1=O. The molecule has 0 aromatic carbocycles. The number of likely N-dealkylation sites (tertiary alicyclic amines) is 1. The van der Waals surface area contributed by atoms with Crippen molar-refractivity contribution in [3.05, 3.63) is 0 Å². The predicted octanol–water partition coefficient (Wildman–Crippen LogP) is 0.237. The van der Waals surface area contributed by atoms with Crippen molar-refractivity contribution in [2.24, 2.45) is 17.8 Å². The molecule has 0 unspecified atom stereocenters. The van der Waals surface area contributed by atoms with Crippen molar-refractivity contribution in [3.63, 3.8) is 0 Å². The van der Waals surface area contributed by atoms with Crippen LogP contribution in [0.15, 0.2) is 0 Å². The zero-order chi connectivity index (χ0) is 11.0. The van der Waals surface area contributed by atoms with E-state index in [4.69, 9.17) is 0 Å². The van der Waals surface area contributed by atoms with Gasteiger partial charge in [-0.25, -0.2) is 0 Å². The molecule has 0 aromatic heterocycles. The normalized spacial score (nSPS) is 31.3. The minimum atomic E-state index is -0.0926. The zero-order valence-electron chi connectivity index (χ0n) is 9.32. The highest BCUT2D eigenvalue weighted by atomic mass is 16.2. The lowest BCUT2D eigenvalue weighted by atomic mass is 9.89. The van der Waals surface area contributed by atoms with E-state index in [-0.39, 0.29) is 23.7 Å². The van der Waals surface area contributed by atoms with Crippen LogP contribution in [0.1, 0.15) is 20.3 Å². The minimum absolute atomic E-state index is 0.0332. The number of rotatable bonds is 2. The molecular weight excluding hydrogens is 192 g/mol. The third-order valence-corrected chi connectivity index (χ3v) is 3.20. The molecule has 2 fully saturated rings. The Bertz CT molecular complexity index is 264. The van der Waals surface area contributed by atoms with Crippen LogP contribution in [-0.4, -0.2) is 36.3 Å². The van der Waals surface area contributed by atoms with Crippen LogP contribution in [0.25, 0.3) is 0 Å². The molecule has 2 saturated heterocycles. The fourth-order valence-corrected chi connectivity index (χ4v) is 2.47. The third-order valence-electron chi connectivity index (χ3n) is 3.20. The van der Waals surface area contributed by atoms with Gasteiger partial charge >= 0.3 is 0 Å². The minimum Gasteiger partial charge on any atom is -0.316 e. The lowest BCUT2D eigenvalue weighted by Gasteiger charge is -2.21. The number of hydrogen-bond donors (Lipinski definition) is 1. The molecule has 84 valence electrons. The van der Waals surface area contributed by atoms with Gasteiger partial charge in [-0.2, -0.15) is 0 Å². The summed E-state index contributed by atoms with van der Waals surface area (Å²) < 4.78 is 0. The van der Waals surface area contributed by atoms with Crippen LogP contribution in [0, 0.1) is 17.8 Å². The Morgan fingerprint density at radius 3 is 2.60 bits per heavy atom. The van der Waals surface area contributed by atoms with Crippen molar-refractivity contribution in [1.82, 2.24) is 10.2 Å². The Balaban J connectivity index is 2.14. The summed E-state index contributed by atoms with van der Waals surface area (Å²) in [5.41, 5.74) is 0. The summed E-state index contributed by atoms with van der Waals surface area (Å²) in [6.07, 6.45) is 0.809.